The number of ether oxygens (including phenoxy) is 5. The molecule has 2 fully saturated rings. The number of hydrogen-bond donors (Lipinski definition) is 2. The standard InChI is InChI=1S/C43H40N4O11S/c1-6-11-46-26-14-23-12-19(2)36(53-5)35(49)30(23)33(46)34-40-32-31(39-38(55-18-56-39)20(3)37(32)57-21(4)48)28(47(34)27(26)15-44)16-54-43(52)25(17-59-40)45-41(50)24-13-22-9-7-8-10-29(22)58-42(24)51/h6-10,12-13,25-28,33-34,40,49H,1,11,14,16-18H2,2-5H3,(H,45,50)/t25-,26+,27-,28-,33+,34?,40+/m0/s1. The Kier molecular flexibility index (Phi) is 9.57. The van der Waals surface area contributed by atoms with E-state index >= 15 is 0 Å². The van der Waals surface area contributed by atoms with Crippen LogP contribution in [0.4, 0.5) is 0 Å². The number of thioether (sulfide) groups is 1. The van der Waals surface area contributed by atoms with Gasteiger partial charge in [-0.15, -0.1) is 18.3 Å². The smallest absolute Gasteiger partial charge is 0.349 e. The number of carbonyl (C=O) groups excluding carboxylic acids is 3. The topological polar surface area (TPSA) is 190 Å². The van der Waals surface area contributed by atoms with Gasteiger partial charge in [0.05, 0.1) is 30.5 Å². The van der Waals surface area contributed by atoms with Crippen molar-refractivity contribution in [2.45, 2.75) is 68.7 Å². The minimum atomic E-state index is -1.26. The van der Waals surface area contributed by atoms with E-state index in [0.29, 0.717) is 63.4 Å². The molecule has 7 heterocycles. The Morgan fingerprint density at radius 1 is 1.10 bits per heavy atom. The van der Waals surface area contributed by atoms with Gasteiger partial charge in [0.25, 0.3) is 5.91 Å². The van der Waals surface area contributed by atoms with Crippen LogP contribution in [0.2, 0.25) is 0 Å². The maximum atomic E-state index is 14.1. The van der Waals surface area contributed by atoms with Gasteiger partial charge in [-0.1, -0.05) is 30.3 Å². The summed E-state index contributed by atoms with van der Waals surface area (Å²) in [6.45, 7) is 8.93. The van der Waals surface area contributed by atoms with E-state index in [1.54, 1.807) is 37.3 Å². The van der Waals surface area contributed by atoms with Crippen molar-refractivity contribution in [1.29, 1.82) is 5.26 Å². The van der Waals surface area contributed by atoms with Crippen LogP contribution in [-0.4, -0.2) is 89.7 Å². The maximum absolute atomic E-state index is 14.1. The Labute approximate surface area is 342 Å². The van der Waals surface area contributed by atoms with Gasteiger partial charge in [-0.2, -0.15) is 5.26 Å². The van der Waals surface area contributed by atoms with E-state index in [4.69, 9.17) is 28.1 Å². The number of methoxy groups -OCH3 is 1. The first kappa shape index (κ1) is 38.5. The van der Waals surface area contributed by atoms with E-state index in [-0.39, 0.29) is 36.2 Å². The fourth-order valence-electron chi connectivity index (χ4n) is 9.77. The van der Waals surface area contributed by atoms with E-state index in [9.17, 15) is 29.5 Å². The molecule has 0 radical (unpaired) electrons. The van der Waals surface area contributed by atoms with Crippen molar-refractivity contribution in [3.63, 3.8) is 0 Å². The number of nitrogens with one attached hydrogen (secondary N) is 1. The SMILES string of the molecule is C=CCN1[C@@H]2c3c(cc(C)c(OC)c3O)C[C@@H]1[C@H](C#N)N1C2[C@@H]2SC[C@H](NC(=O)c3cc4ccccc4oc3=O)C(=O)OC[C@H]1c1c3c(c(C)c(OC(C)=O)c12)OCO3. The molecule has 59 heavy (non-hydrogen) atoms. The van der Waals surface area contributed by atoms with Crippen LogP contribution in [0.3, 0.4) is 0 Å². The Bertz CT molecular complexity index is 2590. The number of carbonyl (C=O) groups is 3. The van der Waals surface area contributed by atoms with Crippen molar-refractivity contribution in [1.82, 2.24) is 15.1 Å². The molecule has 4 aromatic rings. The van der Waals surface area contributed by atoms with Crippen LogP contribution in [0, 0.1) is 25.2 Å². The monoisotopic (exact) mass is 820 g/mol. The van der Waals surface area contributed by atoms with Gasteiger partial charge in [0, 0.05) is 58.9 Å². The molecule has 6 aliphatic heterocycles. The summed E-state index contributed by atoms with van der Waals surface area (Å²) in [5, 5.41) is 25.8. The number of piperazine rings is 1. The number of phenolic OH excluding ortho intramolecular Hbond substituents is 1. The second-order valence-corrected chi connectivity index (χ2v) is 16.4. The number of esters is 2. The number of nitriles is 1. The van der Waals surface area contributed by atoms with Crippen molar-refractivity contribution in [3.05, 3.63) is 98.4 Å². The molecule has 3 aromatic carbocycles. The molecule has 0 saturated carbocycles. The van der Waals surface area contributed by atoms with Gasteiger partial charge in [0.15, 0.2) is 23.0 Å². The minimum absolute atomic E-state index is 0.0265. The minimum Gasteiger partial charge on any atom is -0.504 e. The summed E-state index contributed by atoms with van der Waals surface area (Å²) in [6.07, 6.45) is 2.18. The van der Waals surface area contributed by atoms with Crippen molar-refractivity contribution >= 4 is 40.6 Å². The van der Waals surface area contributed by atoms with Crippen LogP contribution < -0.4 is 29.9 Å². The second kappa shape index (κ2) is 14.7. The first-order valence-corrected chi connectivity index (χ1v) is 20.2. The van der Waals surface area contributed by atoms with Crippen LogP contribution >= 0.6 is 11.8 Å². The van der Waals surface area contributed by atoms with Crippen LogP contribution in [0.1, 0.15) is 68.0 Å². The van der Waals surface area contributed by atoms with Gasteiger partial charge in [-0.25, -0.2) is 9.59 Å². The average Bonchev–Trinajstić information content (AvgIpc) is 3.70. The summed E-state index contributed by atoms with van der Waals surface area (Å²) in [7, 11) is 1.50. The number of nitrogens with zero attached hydrogens (tertiary/aromatic N) is 3. The lowest BCUT2D eigenvalue weighted by molar-refractivity contribution is -0.151. The molecule has 7 atom stereocenters. The number of amides is 1. The lowest BCUT2D eigenvalue weighted by Crippen LogP contribution is -2.70. The number of hydrogen-bond acceptors (Lipinski definition) is 15. The van der Waals surface area contributed by atoms with Crippen molar-refractivity contribution in [2.24, 2.45) is 0 Å². The van der Waals surface area contributed by atoms with Gasteiger partial charge in [0.2, 0.25) is 6.79 Å². The van der Waals surface area contributed by atoms with E-state index in [0.717, 1.165) is 11.1 Å². The molecule has 1 aromatic heterocycles. The number of rotatable bonds is 6. The van der Waals surface area contributed by atoms with Gasteiger partial charge in [-0.3, -0.25) is 19.4 Å². The lowest BCUT2D eigenvalue weighted by Gasteiger charge is -2.62. The van der Waals surface area contributed by atoms with Gasteiger partial charge in [-0.05, 0) is 43.5 Å². The normalized spacial score (nSPS) is 25.5. The van der Waals surface area contributed by atoms with E-state index in [1.807, 2.05) is 13.0 Å². The number of benzene rings is 3. The highest BCUT2D eigenvalue weighted by Gasteiger charge is 2.61. The zero-order valence-electron chi connectivity index (χ0n) is 32.6. The zero-order chi connectivity index (χ0) is 41.4. The molecule has 0 spiro atoms. The number of fused-ring (bicyclic) bond motifs is 11. The number of para-hydroxylation sites is 1. The number of phenols is 1. The molecule has 2 N–H and O–H groups in total. The quantitative estimate of drug-likeness (QED) is 0.118. The average molecular weight is 821 g/mol. The molecular weight excluding hydrogens is 781 g/mol. The van der Waals surface area contributed by atoms with E-state index in [1.165, 1.54) is 31.9 Å². The summed E-state index contributed by atoms with van der Waals surface area (Å²) in [5.74, 6) is -0.948. The molecule has 1 unspecified atom stereocenters. The molecule has 16 heteroatoms. The summed E-state index contributed by atoms with van der Waals surface area (Å²) in [4.78, 5) is 58.1. The van der Waals surface area contributed by atoms with Crippen molar-refractivity contribution in [3.8, 4) is 34.8 Å². The molecule has 10 rings (SSSR count). The third-order valence-electron chi connectivity index (χ3n) is 12.0. The van der Waals surface area contributed by atoms with Crippen LogP contribution in [0.25, 0.3) is 11.0 Å². The van der Waals surface area contributed by atoms with Crippen molar-refractivity contribution < 1.29 is 47.6 Å². The largest absolute Gasteiger partial charge is 0.504 e. The van der Waals surface area contributed by atoms with Crippen molar-refractivity contribution in [2.75, 3.05) is 32.8 Å². The fourth-order valence-corrected chi connectivity index (χ4v) is 11.3. The molecule has 0 aliphatic carbocycles. The molecule has 6 aliphatic rings. The highest BCUT2D eigenvalue weighted by Crippen LogP contribution is 2.64. The van der Waals surface area contributed by atoms with Crippen LogP contribution in [0.5, 0.6) is 28.7 Å². The van der Waals surface area contributed by atoms with E-state index < -0.39 is 65.0 Å². The summed E-state index contributed by atoms with van der Waals surface area (Å²) in [5.41, 5.74) is 3.03. The maximum Gasteiger partial charge on any atom is 0.349 e. The third-order valence-corrected chi connectivity index (χ3v) is 13.4. The summed E-state index contributed by atoms with van der Waals surface area (Å²) >= 11 is 1.29. The number of aromatic hydroxyl groups is 1. The predicted molar refractivity (Wildman–Crippen MR) is 213 cm³/mol. The fraction of sp³-hybridized carbons (Fsp3) is 0.372. The molecule has 1 amide bonds. The third kappa shape index (κ3) is 5.93. The van der Waals surface area contributed by atoms with E-state index in [2.05, 4.69) is 27.8 Å². The lowest BCUT2D eigenvalue weighted by atomic mass is 9.71. The first-order chi connectivity index (χ1) is 28.5. The zero-order valence-corrected chi connectivity index (χ0v) is 33.4. The molecule has 304 valence electrons. The summed E-state index contributed by atoms with van der Waals surface area (Å²) in [6, 6.07) is 8.22. The summed E-state index contributed by atoms with van der Waals surface area (Å²) < 4.78 is 35.5. The highest BCUT2D eigenvalue weighted by atomic mass is 32.2. The van der Waals surface area contributed by atoms with Crippen LogP contribution in [-0.2, 0) is 20.7 Å². The Morgan fingerprint density at radius 3 is 2.63 bits per heavy atom. The van der Waals surface area contributed by atoms with Gasteiger partial charge >= 0.3 is 17.6 Å². The Morgan fingerprint density at radius 2 is 1.88 bits per heavy atom. The molecule has 15 nitrogen and oxygen atoms in total. The van der Waals surface area contributed by atoms with Crippen LogP contribution in [0.15, 0.2) is 58.3 Å². The van der Waals surface area contributed by atoms with Gasteiger partial charge < -0.3 is 38.5 Å². The molecular formula is C43H40N4O11S. The molecule has 4 bridgehead atoms. The highest BCUT2D eigenvalue weighted by molar-refractivity contribution is 7.99. The Balaban J connectivity index is 1.25. The first-order valence-electron chi connectivity index (χ1n) is 19.2. The van der Waals surface area contributed by atoms with Gasteiger partial charge in [0.1, 0.15) is 35.6 Å². The second-order valence-electron chi connectivity index (χ2n) is 15.2. The predicted octanol–water partition coefficient (Wildman–Crippen LogP) is 4.69. The Hall–Kier alpha value is -6.02. The molecule has 2 saturated heterocycles. The number of aryl methyl sites for hydroxylation is 1.